The average molecular weight is 352 g/mol. The Labute approximate surface area is 141 Å². The minimum atomic E-state index is -1.08. The van der Waals surface area contributed by atoms with Gasteiger partial charge in [0.1, 0.15) is 17.1 Å². The summed E-state index contributed by atoms with van der Waals surface area (Å²) in [5.74, 6) is -1.91. The van der Waals surface area contributed by atoms with E-state index in [1.165, 1.54) is 6.07 Å². The molecule has 25 heavy (non-hydrogen) atoms. The number of rotatable bonds is 4. The van der Waals surface area contributed by atoms with Gasteiger partial charge in [0, 0.05) is 5.82 Å². The maximum Gasteiger partial charge on any atom is 0.526 e. The number of benzene rings is 1. The largest absolute Gasteiger partial charge is 0.535 e. The molecule has 2 atom stereocenters. The summed E-state index contributed by atoms with van der Waals surface area (Å²) < 4.78 is 38.4. The average Bonchev–Trinajstić information content (AvgIpc) is 3.32. The van der Waals surface area contributed by atoms with Crippen LogP contribution < -0.4 is 4.65 Å². The fourth-order valence-corrected chi connectivity index (χ4v) is 2.93. The third-order valence-electron chi connectivity index (χ3n) is 4.42. The minimum Gasteiger partial charge on any atom is -0.535 e. The molecule has 0 aromatic heterocycles. The number of ether oxygens (including phenoxy) is 4. The summed E-state index contributed by atoms with van der Waals surface area (Å²) in [5.41, 5.74) is 0.236. The molecule has 1 aromatic carbocycles. The molecule has 1 aromatic rings. The first-order valence-corrected chi connectivity index (χ1v) is 7.80. The first kappa shape index (κ1) is 16.2. The van der Waals surface area contributed by atoms with E-state index < -0.39 is 37.4 Å². The van der Waals surface area contributed by atoms with Crippen LogP contribution in [0.2, 0.25) is 5.82 Å². The number of fused-ring (bicyclic) bond motifs is 3. The lowest BCUT2D eigenvalue weighted by atomic mass is 9.77. The zero-order valence-electron chi connectivity index (χ0n) is 13.0. The van der Waals surface area contributed by atoms with E-state index in [1.54, 1.807) is 0 Å². The van der Waals surface area contributed by atoms with Crippen LogP contribution in [0.5, 0.6) is 5.75 Å². The Morgan fingerprint density at radius 1 is 1.32 bits per heavy atom. The Bertz CT molecular complexity index is 722. The summed E-state index contributed by atoms with van der Waals surface area (Å²) in [7, 11) is -1.08. The van der Waals surface area contributed by atoms with E-state index in [-0.39, 0.29) is 36.8 Å². The summed E-state index contributed by atoms with van der Waals surface area (Å²) >= 11 is 0. The lowest BCUT2D eigenvalue weighted by Gasteiger charge is -2.24. The third-order valence-corrected chi connectivity index (χ3v) is 4.42. The predicted molar refractivity (Wildman–Crippen MR) is 78.6 cm³/mol. The first-order valence-electron chi connectivity index (χ1n) is 7.80. The van der Waals surface area contributed by atoms with Crippen molar-refractivity contribution in [2.45, 2.75) is 24.3 Å². The lowest BCUT2D eigenvalue weighted by Crippen LogP contribution is -2.38. The summed E-state index contributed by atoms with van der Waals surface area (Å²) in [6.07, 6.45) is -0.666. The van der Waals surface area contributed by atoms with E-state index in [0.29, 0.717) is 12.0 Å². The molecular weight excluding hydrogens is 338 g/mol. The second-order valence-corrected chi connectivity index (χ2v) is 6.08. The van der Waals surface area contributed by atoms with E-state index in [0.717, 1.165) is 6.07 Å². The molecule has 1 saturated carbocycles. The molecule has 0 bridgehead atoms. The van der Waals surface area contributed by atoms with Crippen molar-refractivity contribution < 1.29 is 42.6 Å². The summed E-state index contributed by atoms with van der Waals surface area (Å²) in [6, 6.07) is 2.68. The monoisotopic (exact) mass is 352 g/mol. The highest BCUT2D eigenvalue weighted by atomic mass is 19.1. The minimum absolute atomic E-state index is 0.0227. The molecule has 1 saturated heterocycles. The van der Waals surface area contributed by atoms with Gasteiger partial charge in [0.2, 0.25) is 6.79 Å². The summed E-state index contributed by atoms with van der Waals surface area (Å²) in [4.78, 5) is 23.5. The highest BCUT2D eigenvalue weighted by Gasteiger charge is 2.54. The SMILES string of the molecule is O=C(OCOC(=O)c1c(F)ccc2c1OB(O)C1CC21)OC1COC1. The maximum absolute atomic E-state index is 14.1. The number of hydrogen-bond acceptors (Lipinski definition) is 8. The molecule has 1 aliphatic carbocycles. The van der Waals surface area contributed by atoms with E-state index in [2.05, 4.69) is 4.74 Å². The van der Waals surface area contributed by atoms with Gasteiger partial charge in [-0.1, -0.05) is 6.07 Å². The van der Waals surface area contributed by atoms with Gasteiger partial charge in [0.25, 0.3) is 0 Å². The van der Waals surface area contributed by atoms with E-state index >= 15 is 0 Å². The van der Waals surface area contributed by atoms with Gasteiger partial charge in [0.05, 0.1) is 13.2 Å². The van der Waals surface area contributed by atoms with Crippen LogP contribution in [0.4, 0.5) is 9.18 Å². The molecule has 8 nitrogen and oxygen atoms in total. The van der Waals surface area contributed by atoms with Crippen molar-refractivity contribution in [3.63, 3.8) is 0 Å². The van der Waals surface area contributed by atoms with Crippen molar-refractivity contribution in [1.82, 2.24) is 0 Å². The number of carbonyl (C=O) groups is 2. The van der Waals surface area contributed by atoms with Crippen molar-refractivity contribution in [3.8, 4) is 5.75 Å². The standard InChI is InChI=1S/C15H14BFO8/c17-11-2-1-8-9-3-10(9)16(20)25-13(8)12(11)14(18)22-6-23-15(19)24-7-4-21-5-7/h1-2,7,9-10,20H,3-6H2. The lowest BCUT2D eigenvalue weighted by molar-refractivity contribution is -0.122. The molecule has 1 N–H and O–H groups in total. The van der Waals surface area contributed by atoms with Gasteiger partial charge in [-0.05, 0) is 24.0 Å². The molecule has 0 amide bonds. The van der Waals surface area contributed by atoms with Crippen LogP contribution >= 0.6 is 0 Å². The second-order valence-electron chi connectivity index (χ2n) is 6.08. The fraction of sp³-hybridized carbons (Fsp3) is 0.467. The number of hydrogen-bond donors (Lipinski definition) is 1. The molecule has 2 heterocycles. The van der Waals surface area contributed by atoms with Gasteiger partial charge >= 0.3 is 19.2 Å². The molecule has 0 spiro atoms. The molecule has 10 heteroatoms. The Morgan fingerprint density at radius 3 is 2.84 bits per heavy atom. The smallest absolute Gasteiger partial charge is 0.526 e. The normalized spacial score (nSPS) is 23.5. The molecule has 0 radical (unpaired) electrons. The van der Waals surface area contributed by atoms with E-state index in [4.69, 9.17) is 18.9 Å². The predicted octanol–water partition coefficient (Wildman–Crippen LogP) is 1.22. The van der Waals surface area contributed by atoms with Crippen LogP contribution in [0, 0.1) is 5.82 Å². The topological polar surface area (TPSA) is 101 Å². The van der Waals surface area contributed by atoms with Crippen molar-refractivity contribution in [2.75, 3.05) is 20.0 Å². The van der Waals surface area contributed by atoms with E-state index in [1.807, 2.05) is 0 Å². The Kier molecular flexibility index (Phi) is 4.00. The molecule has 2 unspecified atom stereocenters. The number of esters is 1. The highest BCUT2D eigenvalue weighted by molar-refractivity contribution is 6.48. The molecule has 4 rings (SSSR count). The number of halogens is 1. The van der Waals surface area contributed by atoms with Crippen LogP contribution in [-0.2, 0) is 18.9 Å². The van der Waals surface area contributed by atoms with Crippen LogP contribution in [0.15, 0.2) is 12.1 Å². The maximum atomic E-state index is 14.1. The van der Waals surface area contributed by atoms with Gasteiger partial charge in [-0.25, -0.2) is 14.0 Å². The number of carbonyl (C=O) groups excluding carboxylic acids is 2. The molecule has 2 fully saturated rings. The van der Waals surface area contributed by atoms with Crippen LogP contribution in [-0.4, -0.2) is 50.4 Å². The summed E-state index contributed by atoms with van der Waals surface area (Å²) in [5, 5.41) is 9.83. The summed E-state index contributed by atoms with van der Waals surface area (Å²) in [6.45, 7) is -0.154. The van der Waals surface area contributed by atoms with E-state index in [9.17, 15) is 19.0 Å². The van der Waals surface area contributed by atoms with Gasteiger partial charge in [0.15, 0.2) is 6.10 Å². The quantitative estimate of drug-likeness (QED) is 0.491. The Balaban J connectivity index is 1.40. The molecule has 2 aliphatic heterocycles. The third kappa shape index (κ3) is 3.02. The zero-order chi connectivity index (χ0) is 17.6. The zero-order valence-corrected chi connectivity index (χ0v) is 13.0. The van der Waals surface area contributed by atoms with Gasteiger partial charge in [-0.2, -0.15) is 0 Å². The van der Waals surface area contributed by atoms with Crippen LogP contribution in [0.3, 0.4) is 0 Å². The van der Waals surface area contributed by atoms with Crippen molar-refractivity contribution in [1.29, 1.82) is 0 Å². The molecular formula is C15H14BFO8. The van der Waals surface area contributed by atoms with Gasteiger partial charge in [-0.15, -0.1) is 0 Å². The molecule has 3 aliphatic rings. The van der Waals surface area contributed by atoms with Crippen molar-refractivity contribution >= 4 is 19.2 Å². The van der Waals surface area contributed by atoms with Gasteiger partial charge < -0.3 is 28.6 Å². The van der Waals surface area contributed by atoms with Crippen molar-refractivity contribution in [3.05, 3.63) is 29.1 Å². The van der Waals surface area contributed by atoms with Crippen molar-refractivity contribution in [2.24, 2.45) is 0 Å². The molecule has 132 valence electrons. The van der Waals surface area contributed by atoms with Crippen LogP contribution in [0.1, 0.15) is 28.3 Å². The Hall–Kier alpha value is -2.33. The van der Waals surface area contributed by atoms with Crippen LogP contribution in [0.25, 0.3) is 0 Å². The first-order chi connectivity index (χ1) is 12.0. The van der Waals surface area contributed by atoms with Gasteiger partial charge in [-0.3, -0.25) is 0 Å². The fourth-order valence-electron chi connectivity index (χ4n) is 2.93. The second kappa shape index (κ2) is 6.19. The Morgan fingerprint density at radius 2 is 2.12 bits per heavy atom. The highest BCUT2D eigenvalue weighted by Crippen LogP contribution is 2.60.